The van der Waals surface area contributed by atoms with Crippen molar-refractivity contribution in [2.24, 2.45) is 5.92 Å². The van der Waals surface area contributed by atoms with Crippen LogP contribution in [0, 0.1) is 5.92 Å². The SMILES string of the molecule is O=C(O)C1CCCCN1C(=O)C1CCN(Cc2ccccc2)CC1. The average Bonchev–Trinajstić information content (AvgIpc) is 2.62. The molecule has 1 unspecified atom stereocenters. The number of carboxylic acids is 1. The van der Waals surface area contributed by atoms with E-state index in [4.69, 9.17) is 0 Å². The maximum absolute atomic E-state index is 12.8. The van der Waals surface area contributed by atoms with Crippen LogP contribution in [0.15, 0.2) is 30.3 Å². The molecular formula is C19H26N2O3. The average molecular weight is 330 g/mol. The Labute approximate surface area is 143 Å². The number of carbonyl (C=O) groups excluding carboxylic acids is 1. The summed E-state index contributed by atoms with van der Waals surface area (Å²) in [6, 6.07) is 9.76. The van der Waals surface area contributed by atoms with Gasteiger partial charge in [-0.2, -0.15) is 0 Å². The molecule has 1 N–H and O–H groups in total. The van der Waals surface area contributed by atoms with Gasteiger partial charge in [0, 0.05) is 19.0 Å². The van der Waals surface area contributed by atoms with Crippen LogP contribution in [-0.2, 0) is 16.1 Å². The molecule has 2 aliphatic rings. The minimum atomic E-state index is -0.857. The lowest BCUT2D eigenvalue weighted by molar-refractivity contribution is -0.154. The summed E-state index contributed by atoms with van der Waals surface area (Å²) >= 11 is 0. The van der Waals surface area contributed by atoms with Gasteiger partial charge in [0.15, 0.2) is 0 Å². The second kappa shape index (κ2) is 7.79. The van der Waals surface area contributed by atoms with Crippen molar-refractivity contribution in [3.05, 3.63) is 35.9 Å². The van der Waals surface area contributed by atoms with Gasteiger partial charge in [-0.05, 0) is 50.8 Å². The lowest BCUT2D eigenvalue weighted by Crippen LogP contribution is -2.51. The van der Waals surface area contributed by atoms with Crippen LogP contribution in [-0.4, -0.2) is 52.5 Å². The van der Waals surface area contributed by atoms with Crippen LogP contribution in [0.25, 0.3) is 0 Å². The van der Waals surface area contributed by atoms with E-state index in [2.05, 4.69) is 17.0 Å². The first-order valence-electron chi connectivity index (χ1n) is 8.94. The van der Waals surface area contributed by atoms with Gasteiger partial charge >= 0.3 is 5.97 Å². The molecule has 0 bridgehead atoms. The standard InChI is InChI=1S/C19H26N2O3/c22-18(21-11-5-4-8-17(21)19(23)24)16-9-12-20(13-10-16)14-15-6-2-1-3-7-15/h1-3,6-7,16-17H,4-5,8-14H2,(H,23,24). The summed E-state index contributed by atoms with van der Waals surface area (Å²) in [5, 5.41) is 9.36. The number of aliphatic carboxylic acids is 1. The van der Waals surface area contributed by atoms with Crippen LogP contribution in [0.1, 0.15) is 37.7 Å². The number of likely N-dealkylation sites (tertiary alicyclic amines) is 2. The van der Waals surface area contributed by atoms with Crippen molar-refractivity contribution >= 4 is 11.9 Å². The van der Waals surface area contributed by atoms with E-state index in [1.807, 2.05) is 18.2 Å². The molecule has 1 amide bonds. The van der Waals surface area contributed by atoms with E-state index in [1.54, 1.807) is 4.90 Å². The Hall–Kier alpha value is -1.88. The smallest absolute Gasteiger partial charge is 0.326 e. The summed E-state index contributed by atoms with van der Waals surface area (Å²) in [4.78, 5) is 28.2. The lowest BCUT2D eigenvalue weighted by atomic mass is 9.92. The van der Waals surface area contributed by atoms with Gasteiger partial charge in [0.1, 0.15) is 6.04 Å². The Kier molecular flexibility index (Phi) is 5.51. The van der Waals surface area contributed by atoms with Gasteiger partial charge in [0.2, 0.25) is 5.91 Å². The van der Waals surface area contributed by atoms with E-state index in [-0.39, 0.29) is 11.8 Å². The highest BCUT2D eigenvalue weighted by molar-refractivity contribution is 5.85. The molecule has 2 fully saturated rings. The van der Waals surface area contributed by atoms with E-state index < -0.39 is 12.0 Å². The van der Waals surface area contributed by atoms with Crippen LogP contribution >= 0.6 is 0 Å². The fourth-order valence-electron chi connectivity index (χ4n) is 3.87. The molecular weight excluding hydrogens is 304 g/mol. The second-order valence-electron chi connectivity index (χ2n) is 6.92. The largest absolute Gasteiger partial charge is 0.480 e. The quantitative estimate of drug-likeness (QED) is 0.921. The second-order valence-corrected chi connectivity index (χ2v) is 6.92. The van der Waals surface area contributed by atoms with Crippen LogP contribution in [0.3, 0.4) is 0 Å². The predicted octanol–water partition coefficient (Wildman–Crippen LogP) is 2.36. The Morgan fingerprint density at radius 2 is 1.71 bits per heavy atom. The minimum absolute atomic E-state index is 0.0167. The molecule has 5 nitrogen and oxygen atoms in total. The summed E-state index contributed by atoms with van der Waals surface area (Å²) in [6.07, 6.45) is 4.07. The van der Waals surface area contributed by atoms with Crippen molar-refractivity contribution in [2.75, 3.05) is 19.6 Å². The fraction of sp³-hybridized carbons (Fsp3) is 0.579. The maximum atomic E-state index is 12.8. The highest BCUT2D eigenvalue weighted by Gasteiger charge is 2.36. The van der Waals surface area contributed by atoms with E-state index in [1.165, 1.54) is 5.56 Å². The number of rotatable bonds is 4. The van der Waals surface area contributed by atoms with E-state index in [9.17, 15) is 14.7 Å². The molecule has 1 atom stereocenters. The van der Waals surface area contributed by atoms with E-state index >= 15 is 0 Å². The molecule has 24 heavy (non-hydrogen) atoms. The number of carboxylic acid groups (broad SMARTS) is 1. The molecule has 1 aromatic rings. The normalized spacial score (nSPS) is 23.2. The highest BCUT2D eigenvalue weighted by Crippen LogP contribution is 2.25. The van der Waals surface area contributed by atoms with Gasteiger partial charge in [0.25, 0.3) is 0 Å². The number of hydrogen-bond acceptors (Lipinski definition) is 3. The number of hydrogen-bond donors (Lipinski definition) is 1. The van der Waals surface area contributed by atoms with Crippen LogP contribution in [0.4, 0.5) is 0 Å². The first-order chi connectivity index (χ1) is 11.6. The molecule has 0 spiro atoms. The molecule has 130 valence electrons. The molecule has 0 saturated carbocycles. The van der Waals surface area contributed by atoms with Gasteiger partial charge in [-0.15, -0.1) is 0 Å². The molecule has 3 rings (SSSR count). The maximum Gasteiger partial charge on any atom is 0.326 e. The molecule has 0 aliphatic carbocycles. The monoisotopic (exact) mass is 330 g/mol. The van der Waals surface area contributed by atoms with Crippen LogP contribution < -0.4 is 0 Å². The first-order valence-corrected chi connectivity index (χ1v) is 8.94. The van der Waals surface area contributed by atoms with Gasteiger partial charge < -0.3 is 10.0 Å². The molecule has 2 heterocycles. The number of nitrogens with zero attached hydrogens (tertiary/aromatic N) is 2. The van der Waals surface area contributed by atoms with Gasteiger partial charge in [-0.1, -0.05) is 30.3 Å². The molecule has 5 heteroatoms. The summed E-state index contributed by atoms with van der Waals surface area (Å²) in [6.45, 7) is 3.32. The number of amides is 1. The van der Waals surface area contributed by atoms with E-state index in [0.717, 1.165) is 45.3 Å². The summed E-state index contributed by atoms with van der Waals surface area (Å²) < 4.78 is 0. The Morgan fingerprint density at radius 1 is 1.00 bits per heavy atom. The fourth-order valence-corrected chi connectivity index (χ4v) is 3.87. The Bertz CT molecular complexity index is 567. The predicted molar refractivity (Wildman–Crippen MR) is 91.4 cm³/mol. The summed E-state index contributed by atoms with van der Waals surface area (Å²) in [7, 11) is 0. The lowest BCUT2D eigenvalue weighted by Gasteiger charge is -2.38. The van der Waals surface area contributed by atoms with E-state index in [0.29, 0.717) is 13.0 Å². The van der Waals surface area contributed by atoms with Crippen molar-refractivity contribution in [3.63, 3.8) is 0 Å². The minimum Gasteiger partial charge on any atom is -0.480 e. The van der Waals surface area contributed by atoms with Gasteiger partial charge in [-0.3, -0.25) is 9.69 Å². The van der Waals surface area contributed by atoms with Crippen LogP contribution in [0.5, 0.6) is 0 Å². The molecule has 0 radical (unpaired) electrons. The molecule has 2 saturated heterocycles. The third kappa shape index (κ3) is 3.96. The highest BCUT2D eigenvalue weighted by atomic mass is 16.4. The molecule has 0 aromatic heterocycles. The zero-order valence-electron chi connectivity index (χ0n) is 14.1. The Morgan fingerprint density at radius 3 is 2.38 bits per heavy atom. The number of benzene rings is 1. The van der Waals surface area contributed by atoms with Crippen molar-refractivity contribution in [2.45, 2.75) is 44.7 Å². The third-order valence-electron chi connectivity index (χ3n) is 5.26. The van der Waals surface area contributed by atoms with Crippen molar-refractivity contribution in [1.82, 2.24) is 9.80 Å². The zero-order valence-corrected chi connectivity index (χ0v) is 14.1. The third-order valence-corrected chi connectivity index (χ3v) is 5.26. The number of carbonyl (C=O) groups is 2. The van der Waals surface area contributed by atoms with Gasteiger partial charge in [-0.25, -0.2) is 4.79 Å². The zero-order chi connectivity index (χ0) is 16.9. The molecule has 2 aliphatic heterocycles. The van der Waals surface area contributed by atoms with Crippen molar-refractivity contribution in [3.8, 4) is 0 Å². The van der Waals surface area contributed by atoms with Crippen molar-refractivity contribution in [1.29, 1.82) is 0 Å². The van der Waals surface area contributed by atoms with Crippen LogP contribution in [0.2, 0.25) is 0 Å². The topological polar surface area (TPSA) is 60.9 Å². The van der Waals surface area contributed by atoms with Gasteiger partial charge in [0.05, 0.1) is 0 Å². The summed E-state index contributed by atoms with van der Waals surface area (Å²) in [5.74, 6) is -0.817. The first kappa shape index (κ1) is 17.0. The number of piperidine rings is 2. The summed E-state index contributed by atoms with van der Waals surface area (Å²) in [5.41, 5.74) is 1.30. The Balaban J connectivity index is 1.54. The molecule has 1 aromatic carbocycles. The van der Waals surface area contributed by atoms with Crippen molar-refractivity contribution < 1.29 is 14.7 Å².